The fourth-order valence-electron chi connectivity index (χ4n) is 2.93. The maximum absolute atomic E-state index is 12.6. The monoisotopic (exact) mass is 547 g/mol. The van der Waals surface area contributed by atoms with Crippen molar-refractivity contribution in [1.82, 2.24) is 0 Å². The van der Waals surface area contributed by atoms with Gasteiger partial charge in [0.1, 0.15) is 16.4 Å². The highest BCUT2D eigenvalue weighted by atomic mass is 79.9. The van der Waals surface area contributed by atoms with Gasteiger partial charge in [0.2, 0.25) is 0 Å². The Labute approximate surface area is 209 Å². The van der Waals surface area contributed by atoms with E-state index in [1.807, 2.05) is 18.2 Å². The number of carboxylic acids is 1. The summed E-state index contributed by atoms with van der Waals surface area (Å²) in [4.78, 5) is 28.4. The summed E-state index contributed by atoms with van der Waals surface area (Å²) in [5.74, 6) is -1.42. The van der Waals surface area contributed by atoms with E-state index in [-0.39, 0.29) is 23.7 Å². The summed E-state index contributed by atoms with van der Waals surface area (Å²) in [7, 11) is 0. The van der Waals surface area contributed by atoms with Gasteiger partial charge in [-0.05, 0) is 49.8 Å². The first-order chi connectivity index (χ1) is 16.3. The molecule has 0 bridgehead atoms. The molecule has 2 N–H and O–H groups in total. The van der Waals surface area contributed by atoms with Crippen LogP contribution in [0.25, 0.3) is 6.08 Å². The largest absolute Gasteiger partial charge is 0.506 e. The second-order valence-corrected chi connectivity index (χ2v) is 8.63. The first-order valence-electron chi connectivity index (χ1n) is 10.3. The van der Waals surface area contributed by atoms with Crippen molar-refractivity contribution < 1.29 is 34.0 Å². The summed E-state index contributed by atoms with van der Waals surface area (Å²) in [6, 6.07) is 12.3. The van der Waals surface area contributed by atoms with E-state index in [4.69, 9.17) is 19.3 Å². The molecule has 0 radical (unpaired) electrons. The van der Waals surface area contributed by atoms with E-state index in [9.17, 15) is 14.7 Å². The summed E-state index contributed by atoms with van der Waals surface area (Å²) in [6.45, 7) is 3.44. The molecule has 0 unspecified atom stereocenters. The molecule has 2 aromatic rings. The highest BCUT2D eigenvalue weighted by molar-refractivity contribution is 9.10. The SMILES string of the molecule is CCOC(=O)C1=C(O)/C(=C/c2cc(OCC)c(OCC(=O)O)cc2Br)SC1=Nc1ccccc1. The number of esters is 1. The maximum atomic E-state index is 12.6. The minimum absolute atomic E-state index is 0.00970. The number of hydrogen-bond donors (Lipinski definition) is 2. The molecule has 0 saturated heterocycles. The van der Waals surface area contributed by atoms with Crippen molar-refractivity contribution in [3.05, 3.63) is 68.7 Å². The van der Waals surface area contributed by atoms with Crippen molar-refractivity contribution in [3.8, 4) is 11.5 Å². The molecule has 0 aliphatic carbocycles. The van der Waals surface area contributed by atoms with Crippen LogP contribution >= 0.6 is 27.7 Å². The molecule has 0 amide bonds. The quantitative estimate of drug-likeness (QED) is 0.395. The number of carbonyl (C=O) groups excluding carboxylic acids is 1. The Hall–Kier alpha value is -3.24. The van der Waals surface area contributed by atoms with Gasteiger partial charge in [-0.3, -0.25) is 0 Å². The number of aliphatic carboxylic acids is 1. The average molecular weight is 548 g/mol. The van der Waals surface area contributed by atoms with Gasteiger partial charge < -0.3 is 24.4 Å². The number of aliphatic imine (C=N–C) groups is 1. The summed E-state index contributed by atoms with van der Waals surface area (Å²) in [6.07, 6.45) is 1.67. The molecule has 3 rings (SSSR count). The first-order valence-corrected chi connectivity index (χ1v) is 11.9. The van der Waals surface area contributed by atoms with Crippen LogP contribution < -0.4 is 9.47 Å². The third-order valence-electron chi connectivity index (χ3n) is 4.36. The Kier molecular flexibility index (Phi) is 8.78. The number of aliphatic hydroxyl groups is 1. The zero-order valence-corrected chi connectivity index (χ0v) is 20.8. The van der Waals surface area contributed by atoms with Gasteiger partial charge in [-0.15, -0.1) is 0 Å². The number of carboxylic acid groups (broad SMARTS) is 1. The molecule has 1 heterocycles. The van der Waals surface area contributed by atoms with Crippen LogP contribution in [0, 0.1) is 0 Å². The summed E-state index contributed by atoms with van der Waals surface area (Å²) in [5, 5.41) is 20.1. The average Bonchev–Trinajstić information content (AvgIpc) is 3.10. The van der Waals surface area contributed by atoms with Gasteiger partial charge >= 0.3 is 11.9 Å². The highest BCUT2D eigenvalue weighted by Crippen LogP contribution is 2.42. The lowest BCUT2D eigenvalue weighted by Crippen LogP contribution is -2.12. The standard InChI is InChI=1S/C24H22BrNO7S/c1-3-31-17-10-14(16(25)12-18(17)33-13-20(27)28)11-19-22(29)21(24(30)32-4-2)23(34-19)26-15-8-6-5-7-9-15/h5-12,29H,3-4,13H2,1-2H3,(H,27,28)/b19-11-,26-23?. The van der Waals surface area contributed by atoms with Gasteiger partial charge in [0, 0.05) is 4.47 Å². The molecule has 178 valence electrons. The molecule has 0 fully saturated rings. The predicted octanol–water partition coefficient (Wildman–Crippen LogP) is 5.50. The third-order valence-corrected chi connectivity index (χ3v) is 6.06. The lowest BCUT2D eigenvalue weighted by molar-refractivity contribution is -0.139. The Balaban J connectivity index is 2.04. The zero-order chi connectivity index (χ0) is 24.7. The second-order valence-electron chi connectivity index (χ2n) is 6.74. The first kappa shape index (κ1) is 25.4. The fourth-order valence-corrected chi connectivity index (χ4v) is 4.40. The molecule has 0 aromatic heterocycles. The third kappa shape index (κ3) is 6.21. The topological polar surface area (TPSA) is 115 Å². The van der Waals surface area contributed by atoms with E-state index in [0.717, 1.165) is 11.8 Å². The number of benzene rings is 2. The van der Waals surface area contributed by atoms with Gasteiger partial charge in [0.05, 0.1) is 23.8 Å². The normalized spacial score (nSPS) is 15.6. The molecule has 1 aliphatic rings. The number of aliphatic hydroxyl groups excluding tert-OH is 1. The molecule has 10 heteroatoms. The van der Waals surface area contributed by atoms with Crippen LogP contribution in [-0.2, 0) is 14.3 Å². The Morgan fingerprint density at radius 1 is 1.09 bits per heavy atom. The van der Waals surface area contributed by atoms with E-state index < -0.39 is 18.5 Å². The molecule has 1 aliphatic heterocycles. The summed E-state index contributed by atoms with van der Waals surface area (Å²) >= 11 is 4.58. The van der Waals surface area contributed by atoms with Crippen LogP contribution in [0.2, 0.25) is 0 Å². The van der Waals surface area contributed by atoms with E-state index >= 15 is 0 Å². The number of para-hydroxylation sites is 1. The molecular formula is C24H22BrNO7S. The Bertz CT molecular complexity index is 1180. The Morgan fingerprint density at radius 3 is 2.44 bits per heavy atom. The van der Waals surface area contributed by atoms with E-state index in [1.54, 1.807) is 44.2 Å². The lowest BCUT2D eigenvalue weighted by atomic mass is 10.1. The second kappa shape index (κ2) is 11.8. The van der Waals surface area contributed by atoms with Crippen LogP contribution in [0.1, 0.15) is 19.4 Å². The van der Waals surface area contributed by atoms with Gasteiger partial charge in [0.15, 0.2) is 18.1 Å². The Morgan fingerprint density at radius 2 is 1.79 bits per heavy atom. The molecule has 0 atom stereocenters. The lowest BCUT2D eigenvalue weighted by Gasteiger charge is -2.13. The zero-order valence-electron chi connectivity index (χ0n) is 18.4. The van der Waals surface area contributed by atoms with Crippen LogP contribution in [-0.4, -0.2) is 47.0 Å². The highest BCUT2D eigenvalue weighted by Gasteiger charge is 2.33. The van der Waals surface area contributed by atoms with Crippen LogP contribution in [0.3, 0.4) is 0 Å². The van der Waals surface area contributed by atoms with Crippen molar-refractivity contribution >= 4 is 56.4 Å². The van der Waals surface area contributed by atoms with Crippen molar-refractivity contribution in [2.24, 2.45) is 4.99 Å². The van der Waals surface area contributed by atoms with Gasteiger partial charge in [-0.1, -0.05) is 45.9 Å². The number of carbonyl (C=O) groups is 2. The van der Waals surface area contributed by atoms with E-state index in [2.05, 4.69) is 20.9 Å². The number of nitrogens with zero attached hydrogens (tertiary/aromatic N) is 1. The van der Waals surface area contributed by atoms with Gasteiger partial charge in [-0.2, -0.15) is 0 Å². The molecule has 8 nitrogen and oxygen atoms in total. The smallest absolute Gasteiger partial charge is 0.344 e. The van der Waals surface area contributed by atoms with E-state index in [0.29, 0.717) is 38.0 Å². The number of hydrogen-bond acceptors (Lipinski definition) is 8. The van der Waals surface area contributed by atoms with Gasteiger partial charge in [0.25, 0.3) is 0 Å². The molecule has 34 heavy (non-hydrogen) atoms. The molecule has 0 saturated carbocycles. The minimum atomic E-state index is -1.11. The number of halogens is 1. The molecular weight excluding hydrogens is 526 g/mol. The van der Waals surface area contributed by atoms with E-state index in [1.165, 1.54) is 0 Å². The van der Waals surface area contributed by atoms with Crippen molar-refractivity contribution in [2.45, 2.75) is 13.8 Å². The van der Waals surface area contributed by atoms with Crippen molar-refractivity contribution in [1.29, 1.82) is 0 Å². The minimum Gasteiger partial charge on any atom is -0.506 e. The maximum Gasteiger partial charge on any atom is 0.344 e. The van der Waals surface area contributed by atoms with Crippen LogP contribution in [0.15, 0.2) is 68.2 Å². The van der Waals surface area contributed by atoms with Crippen LogP contribution in [0.5, 0.6) is 11.5 Å². The van der Waals surface area contributed by atoms with Crippen molar-refractivity contribution in [2.75, 3.05) is 19.8 Å². The predicted molar refractivity (Wildman–Crippen MR) is 134 cm³/mol. The van der Waals surface area contributed by atoms with Crippen LogP contribution in [0.4, 0.5) is 5.69 Å². The molecule has 2 aromatic carbocycles. The molecule has 0 spiro atoms. The fraction of sp³-hybridized carbons (Fsp3) is 0.208. The van der Waals surface area contributed by atoms with Gasteiger partial charge in [-0.25, -0.2) is 14.6 Å². The summed E-state index contributed by atoms with van der Waals surface area (Å²) < 4.78 is 16.6. The van der Waals surface area contributed by atoms with Crippen molar-refractivity contribution in [3.63, 3.8) is 0 Å². The number of thioether (sulfide) groups is 1. The number of rotatable bonds is 9. The number of ether oxygens (including phenoxy) is 3. The summed E-state index contributed by atoms with van der Waals surface area (Å²) in [5.41, 5.74) is 1.23.